The van der Waals surface area contributed by atoms with E-state index >= 15 is 0 Å². The minimum absolute atomic E-state index is 0.449. The molecular formula is C30H45N7O4S. The lowest BCUT2D eigenvalue weighted by Gasteiger charge is -2.32. The molecule has 0 saturated carbocycles. The molecule has 3 aromatic rings. The van der Waals surface area contributed by atoms with Crippen molar-refractivity contribution in [1.82, 2.24) is 29.5 Å². The quantitative estimate of drug-likeness (QED) is 0.283. The molecule has 11 nitrogen and oxygen atoms in total. The molecule has 1 saturated heterocycles. The summed E-state index contributed by atoms with van der Waals surface area (Å²) in [6.07, 6.45) is 1.73. The van der Waals surface area contributed by atoms with Crippen molar-refractivity contribution >= 4 is 39.8 Å². The van der Waals surface area contributed by atoms with Crippen LogP contribution in [0.15, 0.2) is 23.4 Å². The molecule has 2 aromatic heterocycles. The first-order valence-electron chi connectivity index (χ1n) is 14.4. The number of ether oxygens (including phenoxy) is 2. The Morgan fingerprint density at radius 1 is 1.07 bits per heavy atom. The lowest BCUT2D eigenvalue weighted by Crippen LogP contribution is -2.44. The molecule has 4 rings (SSSR count). The Morgan fingerprint density at radius 3 is 2.40 bits per heavy atom. The van der Waals surface area contributed by atoms with Crippen molar-refractivity contribution in [2.45, 2.75) is 77.1 Å². The fourth-order valence-corrected chi connectivity index (χ4v) is 5.78. The van der Waals surface area contributed by atoms with Crippen LogP contribution in [0.25, 0.3) is 10.9 Å². The summed E-state index contributed by atoms with van der Waals surface area (Å²) < 4.78 is 26.3. The maximum atomic E-state index is 13.7. The number of nitrogens with one attached hydrogen (secondary N) is 1. The smallest absolute Gasteiger partial charge is 0.437 e. The number of hydrogen-bond acceptors (Lipinski definition) is 10. The number of carbonyl (C=O) groups excluding carboxylic acids is 1. The van der Waals surface area contributed by atoms with E-state index in [1.165, 1.54) is 11.0 Å². The molecule has 1 N–H and O–H groups in total. The van der Waals surface area contributed by atoms with Crippen LogP contribution in [0.2, 0.25) is 0 Å². The average Bonchev–Trinajstić information content (AvgIpc) is 3.18. The van der Waals surface area contributed by atoms with Gasteiger partial charge in [-0.1, -0.05) is 0 Å². The van der Waals surface area contributed by atoms with Gasteiger partial charge >= 0.3 is 6.09 Å². The van der Waals surface area contributed by atoms with Gasteiger partial charge in [0.1, 0.15) is 28.3 Å². The summed E-state index contributed by atoms with van der Waals surface area (Å²) in [7, 11) is 2.15. The van der Waals surface area contributed by atoms with E-state index in [2.05, 4.69) is 37.2 Å². The topological polar surface area (TPSA) is 121 Å². The van der Waals surface area contributed by atoms with E-state index in [1.807, 2.05) is 67.5 Å². The molecular weight excluding hydrogens is 554 g/mol. The number of likely N-dealkylation sites (N-methyl/N-ethyl adjacent to an activating group) is 1. The van der Waals surface area contributed by atoms with Crippen LogP contribution in [0, 0.1) is 13.8 Å². The van der Waals surface area contributed by atoms with Gasteiger partial charge in [-0.15, -0.1) is 4.68 Å². The summed E-state index contributed by atoms with van der Waals surface area (Å²) in [4.78, 5) is 27.3. The van der Waals surface area contributed by atoms with Gasteiger partial charge in [0.25, 0.3) is 0 Å². The fourth-order valence-electron chi connectivity index (χ4n) is 4.59. The molecule has 3 heterocycles. The Bertz CT molecular complexity index is 1410. The van der Waals surface area contributed by atoms with Crippen LogP contribution in [0.4, 0.5) is 16.4 Å². The molecule has 0 spiro atoms. The summed E-state index contributed by atoms with van der Waals surface area (Å²) in [6.45, 7) is 20.7. The van der Waals surface area contributed by atoms with Crippen molar-refractivity contribution in [3.05, 3.63) is 29.7 Å². The molecule has 42 heavy (non-hydrogen) atoms. The van der Waals surface area contributed by atoms with E-state index in [0.29, 0.717) is 45.5 Å². The number of benzene rings is 1. The number of fused-ring (bicyclic) bond motifs is 1. The second kappa shape index (κ2) is 12.7. The highest BCUT2D eigenvalue weighted by molar-refractivity contribution is 7.92. The second-order valence-electron chi connectivity index (χ2n) is 12.8. The maximum Gasteiger partial charge on any atom is 0.437 e. The third-order valence-electron chi connectivity index (χ3n) is 7.09. The molecule has 0 bridgehead atoms. The van der Waals surface area contributed by atoms with Crippen LogP contribution in [-0.4, -0.2) is 96.9 Å². The SMILES string of the molecule is Cc1nn(C(=O)OC(C)(C)C)c(Nc2ncnc3cc(OCCCN4CCN(C)CC4)c([S+]([O-])C(C)(C)C)cc23)c1C. The van der Waals surface area contributed by atoms with E-state index < -0.39 is 27.6 Å². The summed E-state index contributed by atoms with van der Waals surface area (Å²) in [6, 6.07) is 3.67. The third kappa shape index (κ3) is 7.71. The number of rotatable bonds is 8. The van der Waals surface area contributed by atoms with E-state index in [9.17, 15) is 9.35 Å². The number of aromatic nitrogens is 4. The van der Waals surface area contributed by atoms with Gasteiger partial charge in [-0.25, -0.2) is 14.8 Å². The van der Waals surface area contributed by atoms with Crippen molar-refractivity contribution in [2.24, 2.45) is 0 Å². The van der Waals surface area contributed by atoms with Crippen molar-refractivity contribution in [2.75, 3.05) is 51.7 Å². The first-order valence-corrected chi connectivity index (χ1v) is 15.6. The van der Waals surface area contributed by atoms with Crippen LogP contribution in [0.1, 0.15) is 59.2 Å². The number of anilines is 2. The Morgan fingerprint density at radius 2 is 1.76 bits per heavy atom. The number of piperazine rings is 1. The predicted octanol–water partition coefficient (Wildman–Crippen LogP) is 4.89. The molecule has 1 aliphatic rings. The zero-order chi connectivity index (χ0) is 30.8. The van der Waals surface area contributed by atoms with Crippen molar-refractivity contribution < 1.29 is 18.8 Å². The first kappa shape index (κ1) is 32.0. The zero-order valence-corrected chi connectivity index (χ0v) is 27.2. The molecule has 1 aromatic carbocycles. The van der Waals surface area contributed by atoms with Crippen LogP contribution in [-0.2, 0) is 15.9 Å². The lowest BCUT2D eigenvalue weighted by molar-refractivity contribution is 0.0518. The van der Waals surface area contributed by atoms with Gasteiger partial charge < -0.3 is 29.1 Å². The van der Waals surface area contributed by atoms with E-state index in [1.54, 1.807) is 0 Å². The van der Waals surface area contributed by atoms with Gasteiger partial charge in [0.2, 0.25) is 0 Å². The fraction of sp³-hybridized carbons (Fsp3) is 0.600. The van der Waals surface area contributed by atoms with E-state index in [-0.39, 0.29) is 0 Å². The molecule has 0 aliphatic carbocycles. The first-order chi connectivity index (χ1) is 19.6. The Hall–Kier alpha value is -2.93. The van der Waals surface area contributed by atoms with Crippen LogP contribution >= 0.6 is 0 Å². The monoisotopic (exact) mass is 599 g/mol. The Labute approximate surface area is 252 Å². The molecule has 1 fully saturated rings. The predicted molar refractivity (Wildman–Crippen MR) is 166 cm³/mol. The molecule has 230 valence electrons. The van der Waals surface area contributed by atoms with Crippen molar-refractivity contribution in [3.8, 4) is 5.75 Å². The number of hydrogen-bond donors (Lipinski definition) is 1. The minimum Gasteiger partial charge on any atom is -0.611 e. The Balaban J connectivity index is 1.64. The van der Waals surface area contributed by atoms with Gasteiger partial charge in [0.05, 0.1) is 17.8 Å². The number of nitrogens with zero attached hydrogens (tertiary/aromatic N) is 6. The molecule has 0 amide bonds. The largest absolute Gasteiger partial charge is 0.611 e. The zero-order valence-electron chi connectivity index (χ0n) is 26.4. The van der Waals surface area contributed by atoms with Gasteiger partial charge in [0, 0.05) is 55.8 Å². The van der Waals surface area contributed by atoms with Crippen LogP contribution in [0.3, 0.4) is 0 Å². The van der Waals surface area contributed by atoms with E-state index in [0.717, 1.165) is 44.7 Å². The summed E-state index contributed by atoms with van der Waals surface area (Å²) in [5, 5.41) is 8.35. The van der Waals surface area contributed by atoms with Gasteiger partial charge in [-0.3, -0.25) is 0 Å². The maximum absolute atomic E-state index is 13.7. The van der Waals surface area contributed by atoms with Gasteiger partial charge in [0.15, 0.2) is 10.6 Å². The highest BCUT2D eigenvalue weighted by atomic mass is 32.2. The number of carbonyl (C=O) groups is 1. The van der Waals surface area contributed by atoms with E-state index in [4.69, 9.17) is 9.47 Å². The number of aryl methyl sites for hydroxylation is 1. The summed E-state index contributed by atoms with van der Waals surface area (Å²) in [5.74, 6) is 1.47. The standard InChI is InChI=1S/C30H45N7O4S/c1-20-21(2)34-37(28(38)41-29(3,4)5)27(20)33-26-22-17-25(42(39)30(6,7)8)24(18-23(22)31-19-32-26)40-16-10-11-36-14-12-35(9)13-15-36/h17-19H,10-16H2,1-9H3,(H,31,32,33). The molecule has 1 atom stereocenters. The summed E-state index contributed by atoms with van der Waals surface area (Å²) >= 11 is -1.38. The normalized spacial score (nSPS) is 16.0. The molecule has 1 aliphatic heterocycles. The minimum atomic E-state index is -1.38. The van der Waals surface area contributed by atoms with Gasteiger partial charge in [-0.05, 0) is 80.0 Å². The molecule has 0 radical (unpaired) electrons. The lowest BCUT2D eigenvalue weighted by atomic mass is 10.2. The average molecular weight is 600 g/mol. The van der Waals surface area contributed by atoms with Crippen LogP contribution in [0.5, 0.6) is 5.75 Å². The highest BCUT2D eigenvalue weighted by Gasteiger charge is 2.32. The Kier molecular flexibility index (Phi) is 9.71. The van der Waals surface area contributed by atoms with Crippen molar-refractivity contribution in [3.63, 3.8) is 0 Å². The van der Waals surface area contributed by atoms with Gasteiger partial charge in [-0.2, -0.15) is 5.10 Å². The highest BCUT2D eigenvalue weighted by Crippen LogP contribution is 2.37. The van der Waals surface area contributed by atoms with Crippen molar-refractivity contribution in [1.29, 1.82) is 0 Å². The second-order valence-corrected chi connectivity index (χ2v) is 15.0. The third-order valence-corrected chi connectivity index (χ3v) is 8.92. The molecule has 12 heteroatoms. The van der Waals surface area contributed by atoms with Crippen LogP contribution < -0.4 is 10.1 Å². The summed E-state index contributed by atoms with van der Waals surface area (Å²) in [5.41, 5.74) is 1.42. The molecule has 1 unspecified atom stereocenters.